The summed E-state index contributed by atoms with van der Waals surface area (Å²) in [4.78, 5) is 12.6. The maximum absolute atomic E-state index is 13.1. The van der Waals surface area contributed by atoms with Crippen LogP contribution < -0.4 is 5.43 Å². The second-order valence-corrected chi connectivity index (χ2v) is 8.90. The molecular weight excluding hydrogens is 410 g/mol. The average molecular weight is 436 g/mol. The summed E-state index contributed by atoms with van der Waals surface area (Å²) in [5, 5.41) is 3.97. The van der Waals surface area contributed by atoms with Gasteiger partial charge in [0.2, 0.25) is 10.0 Å². The molecule has 3 aromatic rings. The van der Waals surface area contributed by atoms with Gasteiger partial charge in [0.25, 0.3) is 5.91 Å². The van der Waals surface area contributed by atoms with Crippen LogP contribution in [0.3, 0.4) is 0 Å². The predicted molar refractivity (Wildman–Crippen MR) is 122 cm³/mol. The van der Waals surface area contributed by atoms with E-state index in [0.717, 1.165) is 21.9 Å². The first kappa shape index (κ1) is 22.4. The number of aryl methyl sites for hydroxylation is 1. The number of hydrazone groups is 1. The molecule has 160 valence electrons. The lowest BCUT2D eigenvalue weighted by molar-refractivity contribution is -0.121. The molecule has 0 radical (unpaired) electrons. The minimum Gasteiger partial charge on any atom is -0.272 e. The second kappa shape index (κ2) is 10.7. The molecule has 0 aliphatic heterocycles. The number of sulfonamides is 1. The van der Waals surface area contributed by atoms with Crippen molar-refractivity contribution >= 4 is 22.1 Å². The van der Waals surface area contributed by atoms with E-state index in [9.17, 15) is 13.2 Å². The molecule has 0 atom stereocenters. The zero-order chi connectivity index (χ0) is 22.1. The number of amides is 1. The van der Waals surface area contributed by atoms with E-state index in [2.05, 4.69) is 17.5 Å². The van der Waals surface area contributed by atoms with Gasteiger partial charge < -0.3 is 0 Å². The van der Waals surface area contributed by atoms with Crippen molar-refractivity contribution in [1.82, 2.24) is 9.73 Å². The fourth-order valence-corrected chi connectivity index (χ4v) is 4.37. The number of nitrogens with one attached hydrogen (secondary N) is 1. The molecule has 0 saturated heterocycles. The maximum atomic E-state index is 13.1. The van der Waals surface area contributed by atoms with Crippen LogP contribution in [0.25, 0.3) is 0 Å². The summed E-state index contributed by atoms with van der Waals surface area (Å²) in [6, 6.07) is 25.1. The first-order valence-corrected chi connectivity index (χ1v) is 11.4. The van der Waals surface area contributed by atoms with Gasteiger partial charge in [-0.2, -0.15) is 9.41 Å². The molecule has 0 aromatic heterocycles. The minimum atomic E-state index is -3.86. The van der Waals surface area contributed by atoms with E-state index >= 15 is 0 Å². The largest absolute Gasteiger partial charge is 0.272 e. The molecule has 0 unspecified atom stereocenters. The summed E-state index contributed by atoms with van der Waals surface area (Å²) in [6.07, 6.45) is 2.48. The first-order chi connectivity index (χ1) is 15.0. The van der Waals surface area contributed by atoms with Gasteiger partial charge in [0.1, 0.15) is 0 Å². The van der Waals surface area contributed by atoms with Crippen molar-refractivity contribution in [3.05, 3.63) is 102 Å². The van der Waals surface area contributed by atoms with E-state index in [-0.39, 0.29) is 18.0 Å². The summed E-state index contributed by atoms with van der Waals surface area (Å²) >= 11 is 0. The second-order valence-electron chi connectivity index (χ2n) is 6.96. The summed E-state index contributed by atoms with van der Waals surface area (Å²) in [7, 11) is -3.86. The Hall–Kier alpha value is -3.29. The molecule has 0 fully saturated rings. The van der Waals surface area contributed by atoms with Crippen molar-refractivity contribution in [1.29, 1.82) is 0 Å². The van der Waals surface area contributed by atoms with E-state index in [4.69, 9.17) is 0 Å². The Labute approximate surface area is 183 Å². The molecular formula is C24H25N3O3S. The number of benzene rings is 3. The molecule has 31 heavy (non-hydrogen) atoms. The Bertz CT molecular complexity index is 1110. The molecule has 3 aromatic carbocycles. The van der Waals surface area contributed by atoms with Crippen LogP contribution in [-0.4, -0.2) is 31.4 Å². The zero-order valence-electron chi connectivity index (χ0n) is 17.3. The Morgan fingerprint density at radius 2 is 1.52 bits per heavy atom. The summed E-state index contributed by atoms with van der Waals surface area (Å²) in [5.41, 5.74) is 5.27. The molecule has 1 amide bonds. The quantitative estimate of drug-likeness (QED) is 0.412. The molecule has 0 spiro atoms. The first-order valence-electron chi connectivity index (χ1n) is 9.99. The average Bonchev–Trinajstić information content (AvgIpc) is 2.80. The topological polar surface area (TPSA) is 78.8 Å². The lowest BCUT2D eigenvalue weighted by Crippen LogP contribution is -2.39. The minimum absolute atomic E-state index is 0.0771. The van der Waals surface area contributed by atoms with Crippen molar-refractivity contribution in [2.75, 3.05) is 6.54 Å². The highest BCUT2D eigenvalue weighted by molar-refractivity contribution is 7.89. The number of hydrogen-bond donors (Lipinski definition) is 1. The highest BCUT2D eigenvalue weighted by atomic mass is 32.2. The van der Waals surface area contributed by atoms with Crippen molar-refractivity contribution in [2.45, 2.75) is 24.8 Å². The summed E-state index contributed by atoms with van der Waals surface area (Å²) < 4.78 is 27.4. The van der Waals surface area contributed by atoms with Crippen LogP contribution in [0, 0.1) is 0 Å². The standard InChI is InChI=1S/C24H25N3O3S/c1-2-20-13-15-21(16-14-20)17-25-26-24(28)19-27(18-22-9-5-3-6-10-22)31(29,30)23-11-7-4-8-12-23/h3-17H,2,18-19H2,1H3,(H,26,28)/b25-17-. The highest BCUT2D eigenvalue weighted by Crippen LogP contribution is 2.18. The van der Waals surface area contributed by atoms with E-state index in [1.54, 1.807) is 18.2 Å². The Morgan fingerprint density at radius 3 is 2.13 bits per heavy atom. The Balaban J connectivity index is 1.72. The third-order valence-electron chi connectivity index (χ3n) is 4.69. The molecule has 0 aliphatic carbocycles. The number of nitrogens with zero attached hydrogens (tertiary/aromatic N) is 2. The number of carbonyl (C=O) groups is 1. The summed E-state index contributed by atoms with van der Waals surface area (Å²) in [6.45, 7) is 1.81. The van der Waals surface area contributed by atoms with Gasteiger partial charge in [-0.3, -0.25) is 4.79 Å². The normalized spacial score (nSPS) is 11.7. The van der Waals surface area contributed by atoms with Crippen molar-refractivity contribution in [3.63, 3.8) is 0 Å². The number of carbonyl (C=O) groups excluding carboxylic acids is 1. The lowest BCUT2D eigenvalue weighted by Gasteiger charge is -2.21. The highest BCUT2D eigenvalue weighted by Gasteiger charge is 2.26. The molecule has 7 heteroatoms. The van der Waals surface area contributed by atoms with Crippen LogP contribution in [0.4, 0.5) is 0 Å². The van der Waals surface area contributed by atoms with E-state index < -0.39 is 15.9 Å². The molecule has 0 aliphatic rings. The van der Waals surface area contributed by atoms with E-state index in [1.165, 1.54) is 23.9 Å². The van der Waals surface area contributed by atoms with E-state index in [0.29, 0.717) is 0 Å². The van der Waals surface area contributed by atoms with Gasteiger partial charge in [0, 0.05) is 6.54 Å². The van der Waals surface area contributed by atoms with E-state index in [1.807, 2.05) is 54.6 Å². The van der Waals surface area contributed by atoms with Gasteiger partial charge in [-0.25, -0.2) is 13.8 Å². The smallest absolute Gasteiger partial charge is 0.255 e. The fraction of sp³-hybridized carbons (Fsp3) is 0.167. The molecule has 6 nitrogen and oxygen atoms in total. The zero-order valence-corrected chi connectivity index (χ0v) is 18.1. The number of rotatable bonds is 9. The van der Waals surface area contributed by atoms with Crippen molar-refractivity contribution in [3.8, 4) is 0 Å². The van der Waals surface area contributed by atoms with Crippen LogP contribution in [0.15, 0.2) is 94.9 Å². The van der Waals surface area contributed by atoms with Gasteiger partial charge >= 0.3 is 0 Å². The predicted octanol–water partition coefficient (Wildman–Crippen LogP) is 3.59. The van der Waals surface area contributed by atoms with Crippen LogP contribution in [0.2, 0.25) is 0 Å². The van der Waals surface area contributed by atoms with Gasteiger partial charge in [0.05, 0.1) is 17.7 Å². The van der Waals surface area contributed by atoms with Gasteiger partial charge in [-0.15, -0.1) is 0 Å². The van der Waals surface area contributed by atoms with Gasteiger partial charge in [0.15, 0.2) is 0 Å². The molecule has 3 rings (SSSR count). The van der Waals surface area contributed by atoms with Crippen molar-refractivity contribution in [2.24, 2.45) is 5.10 Å². The van der Waals surface area contributed by atoms with Crippen LogP contribution in [0.5, 0.6) is 0 Å². The van der Waals surface area contributed by atoms with Crippen LogP contribution in [-0.2, 0) is 27.8 Å². The Morgan fingerprint density at radius 1 is 0.903 bits per heavy atom. The molecule has 0 saturated carbocycles. The van der Waals surface area contributed by atoms with Gasteiger partial charge in [-0.05, 0) is 35.2 Å². The number of hydrogen-bond acceptors (Lipinski definition) is 4. The lowest BCUT2D eigenvalue weighted by atomic mass is 10.1. The Kier molecular flexibility index (Phi) is 7.70. The van der Waals surface area contributed by atoms with Crippen LogP contribution in [0.1, 0.15) is 23.6 Å². The third kappa shape index (κ3) is 6.34. The fourth-order valence-electron chi connectivity index (χ4n) is 2.97. The molecule has 1 N–H and O–H groups in total. The maximum Gasteiger partial charge on any atom is 0.255 e. The SMILES string of the molecule is CCc1ccc(/C=N\NC(=O)CN(Cc2ccccc2)S(=O)(=O)c2ccccc2)cc1. The monoisotopic (exact) mass is 435 g/mol. The molecule has 0 bridgehead atoms. The molecule has 0 heterocycles. The summed E-state index contributed by atoms with van der Waals surface area (Å²) in [5.74, 6) is -0.517. The van der Waals surface area contributed by atoms with Crippen LogP contribution >= 0.6 is 0 Å². The van der Waals surface area contributed by atoms with Gasteiger partial charge in [-0.1, -0.05) is 79.7 Å². The van der Waals surface area contributed by atoms with Crippen molar-refractivity contribution < 1.29 is 13.2 Å². The third-order valence-corrected chi connectivity index (χ3v) is 6.50.